The summed E-state index contributed by atoms with van der Waals surface area (Å²) in [5.74, 6) is 0. The first-order valence-electron chi connectivity index (χ1n) is 9.45. The fourth-order valence-corrected chi connectivity index (χ4v) is 3.29. The molecule has 3 aromatic rings. The van der Waals surface area contributed by atoms with Crippen molar-refractivity contribution in [3.05, 3.63) is 78.6 Å². The average molecular weight is 390 g/mol. The van der Waals surface area contributed by atoms with E-state index < -0.39 is 0 Å². The zero-order chi connectivity index (χ0) is 20.2. The van der Waals surface area contributed by atoms with Crippen molar-refractivity contribution in [1.82, 2.24) is 9.88 Å². The van der Waals surface area contributed by atoms with Gasteiger partial charge in [-0.2, -0.15) is 0 Å². The summed E-state index contributed by atoms with van der Waals surface area (Å²) >= 11 is 0. The summed E-state index contributed by atoms with van der Waals surface area (Å²) in [7, 11) is 0. The topological polar surface area (TPSA) is 75.6 Å². The molecule has 2 aromatic carbocycles. The molecule has 0 unspecified atom stereocenters. The number of amides is 3. The SMILES string of the molecule is C[C@@H](NC(=O)Nc1cccc(-n2cccc2)c1)c1cccc(N2CCOC2=O)c1. The maximum atomic E-state index is 12.5. The number of benzene rings is 2. The normalized spacial score (nSPS) is 14.4. The molecule has 0 radical (unpaired) electrons. The molecule has 0 aliphatic carbocycles. The molecule has 1 aliphatic heterocycles. The minimum Gasteiger partial charge on any atom is -0.447 e. The molecule has 7 nitrogen and oxygen atoms in total. The molecule has 1 saturated heterocycles. The van der Waals surface area contributed by atoms with Crippen LogP contribution in [0.15, 0.2) is 73.1 Å². The highest BCUT2D eigenvalue weighted by Gasteiger charge is 2.24. The molecular formula is C22H22N4O3. The van der Waals surface area contributed by atoms with Crippen LogP contribution in [0, 0.1) is 0 Å². The molecule has 1 aromatic heterocycles. The van der Waals surface area contributed by atoms with Crippen molar-refractivity contribution in [2.75, 3.05) is 23.4 Å². The van der Waals surface area contributed by atoms with Crippen molar-refractivity contribution in [1.29, 1.82) is 0 Å². The Hall–Kier alpha value is -3.74. The van der Waals surface area contributed by atoms with Gasteiger partial charge in [0.25, 0.3) is 0 Å². The number of rotatable bonds is 5. The van der Waals surface area contributed by atoms with Crippen LogP contribution in [0.3, 0.4) is 0 Å². The van der Waals surface area contributed by atoms with Crippen molar-refractivity contribution in [3.8, 4) is 5.69 Å². The number of aromatic nitrogens is 1. The quantitative estimate of drug-likeness (QED) is 0.681. The van der Waals surface area contributed by atoms with Crippen LogP contribution < -0.4 is 15.5 Å². The molecule has 7 heteroatoms. The van der Waals surface area contributed by atoms with E-state index in [1.165, 1.54) is 0 Å². The summed E-state index contributed by atoms with van der Waals surface area (Å²) in [5, 5.41) is 5.81. The summed E-state index contributed by atoms with van der Waals surface area (Å²) in [6.07, 6.45) is 3.55. The third-order valence-corrected chi connectivity index (χ3v) is 4.80. The molecule has 0 saturated carbocycles. The van der Waals surface area contributed by atoms with E-state index in [9.17, 15) is 9.59 Å². The zero-order valence-corrected chi connectivity index (χ0v) is 16.0. The van der Waals surface area contributed by atoms with Gasteiger partial charge in [-0.25, -0.2) is 9.59 Å². The van der Waals surface area contributed by atoms with E-state index in [0.717, 1.165) is 16.9 Å². The van der Waals surface area contributed by atoms with Crippen LogP contribution in [0.1, 0.15) is 18.5 Å². The number of nitrogens with one attached hydrogen (secondary N) is 2. The largest absolute Gasteiger partial charge is 0.447 e. The number of hydrogen-bond donors (Lipinski definition) is 2. The minimum atomic E-state index is -0.344. The lowest BCUT2D eigenvalue weighted by atomic mass is 10.1. The lowest BCUT2D eigenvalue weighted by molar-refractivity contribution is 0.181. The molecule has 1 atom stereocenters. The summed E-state index contributed by atoms with van der Waals surface area (Å²) in [5.41, 5.74) is 3.33. The Balaban J connectivity index is 1.41. The van der Waals surface area contributed by atoms with Crippen LogP contribution in [0.5, 0.6) is 0 Å². The highest BCUT2D eigenvalue weighted by atomic mass is 16.6. The monoisotopic (exact) mass is 390 g/mol. The van der Waals surface area contributed by atoms with Gasteiger partial charge in [-0.1, -0.05) is 18.2 Å². The van der Waals surface area contributed by atoms with Crippen LogP contribution >= 0.6 is 0 Å². The fourth-order valence-electron chi connectivity index (χ4n) is 3.29. The minimum absolute atomic E-state index is 0.235. The summed E-state index contributed by atoms with van der Waals surface area (Å²) in [4.78, 5) is 25.8. The van der Waals surface area contributed by atoms with E-state index in [1.807, 2.05) is 84.5 Å². The van der Waals surface area contributed by atoms with Crippen LogP contribution in [0.4, 0.5) is 21.0 Å². The van der Waals surface area contributed by atoms with Gasteiger partial charge in [0.15, 0.2) is 0 Å². The summed E-state index contributed by atoms with van der Waals surface area (Å²) in [6, 6.07) is 18.5. The third kappa shape index (κ3) is 4.24. The molecule has 2 heterocycles. The van der Waals surface area contributed by atoms with E-state index >= 15 is 0 Å². The highest BCUT2D eigenvalue weighted by Crippen LogP contribution is 2.23. The number of hydrogen-bond acceptors (Lipinski definition) is 3. The maximum Gasteiger partial charge on any atom is 0.414 e. The molecule has 1 aliphatic rings. The molecule has 0 spiro atoms. The van der Waals surface area contributed by atoms with E-state index in [1.54, 1.807) is 4.90 Å². The first-order valence-corrected chi connectivity index (χ1v) is 9.45. The molecule has 29 heavy (non-hydrogen) atoms. The van der Waals surface area contributed by atoms with E-state index in [-0.39, 0.29) is 18.2 Å². The van der Waals surface area contributed by atoms with Gasteiger partial charge in [0.1, 0.15) is 6.61 Å². The van der Waals surface area contributed by atoms with E-state index in [2.05, 4.69) is 10.6 Å². The second-order valence-electron chi connectivity index (χ2n) is 6.82. The Morgan fingerprint density at radius 2 is 1.79 bits per heavy atom. The van der Waals surface area contributed by atoms with E-state index in [4.69, 9.17) is 4.74 Å². The molecule has 3 amide bonds. The molecule has 0 bridgehead atoms. The van der Waals surface area contributed by atoms with Gasteiger partial charge in [-0.3, -0.25) is 4.90 Å². The second-order valence-corrected chi connectivity index (χ2v) is 6.82. The smallest absolute Gasteiger partial charge is 0.414 e. The van der Waals surface area contributed by atoms with Crippen molar-refractivity contribution in [3.63, 3.8) is 0 Å². The summed E-state index contributed by atoms with van der Waals surface area (Å²) < 4.78 is 6.97. The standard InChI is InChI=1S/C22H22N4O3/c1-16(17-6-4-9-20(14-17)26-12-13-29-22(26)28)23-21(27)24-18-7-5-8-19(15-18)25-10-2-3-11-25/h2-11,14-16H,12-13H2,1H3,(H2,23,24,27)/t16-/m1/s1. The van der Waals surface area contributed by atoms with Gasteiger partial charge >= 0.3 is 12.1 Å². The van der Waals surface area contributed by atoms with Gasteiger partial charge in [-0.15, -0.1) is 0 Å². The lowest BCUT2D eigenvalue weighted by Gasteiger charge is -2.18. The molecule has 148 valence electrons. The van der Waals surface area contributed by atoms with Crippen LogP contribution in [0.25, 0.3) is 5.69 Å². The summed E-state index contributed by atoms with van der Waals surface area (Å²) in [6.45, 7) is 2.82. The lowest BCUT2D eigenvalue weighted by Crippen LogP contribution is -2.31. The number of carbonyl (C=O) groups is 2. The zero-order valence-electron chi connectivity index (χ0n) is 16.0. The third-order valence-electron chi connectivity index (χ3n) is 4.80. The molecular weight excluding hydrogens is 368 g/mol. The van der Waals surface area contributed by atoms with Gasteiger partial charge < -0.3 is 19.9 Å². The van der Waals surface area contributed by atoms with Gasteiger partial charge in [0.05, 0.1) is 12.6 Å². The first kappa shape index (κ1) is 18.6. The Labute approximate surface area is 168 Å². The second kappa shape index (κ2) is 8.10. The number of nitrogens with zero attached hydrogens (tertiary/aromatic N) is 2. The maximum absolute atomic E-state index is 12.5. The molecule has 1 fully saturated rings. The van der Waals surface area contributed by atoms with Crippen molar-refractivity contribution in [2.24, 2.45) is 0 Å². The fraction of sp³-hybridized carbons (Fsp3) is 0.182. The van der Waals surface area contributed by atoms with Gasteiger partial charge in [0.2, 0.25) is 0 Å². The van der Waals surface area contributed by atoms with Crippen molar-refractivity contribution in [2.45, 2.75) is 13.0 Å². The predicted molar refractivity (Wildman–Crippen MR) is 111 cm³/mol. The highest BCUT2D eigenvalue weighted by molar-refractivity contribution is 5.90. The first-order chi connectivity index (χ1) is 14.1. The Bertz CT molecular complexity index is 1020. The van der Waals surface area contributed by atoms with Gasteiger partial charge in [-0.05, 0) is 55.0 Å². The molecule has 4 rings (SSSR count). The Kier molecular flexibility index (Phi) is 5.20. The Morgan fingerprint density at radius 1 is 1.03 bits per heavy atom. The van der Waals surface area contributed by atoms with Crippen LogP contribution in [0.2, 0.25) is 0 Å². The number of anilines is 2. The number of carbonyl (C=O) groups excluding carboxylic acids is 2. The number of ether oxygens (including phenoxy) is 1. The van der Waals surface area contributed by atoms with Crippen molar-refractivity contribution < 1.29 is 14.3 Å². The Morgan fingerprint density at radius 3 is 2.55 bits per heavy atom. The van der Waals surface area contributed by atoms with E-state index in [0.29, 0.717) is 18.8 Å². The number of cyclic esters (lactones) is 1. The predicted octanol–water partition coefficient (Wildman–Crippen LogP) is 4.32. The average Bonchev–Trinajstić information content (AvgIpc) is 3.40. The van der Waals surface area contributed by atoms with Crippen LogP contribution in [-0.2, 0) is 4.74 Å². The van der Waals surface area contributed by atoms with Crippen LogP contribution in [-0.4, -0.2) is 29.8 Å². The van der Waals surface area contributed by atoms with Gasteiger partial charge in [0, 0.05) is 29.5 Å². The van der Waals surface area contributed by atoms with Crippen molar-refractivity contribution >= 4 is 23.5 Å². The number of urea groups is 1. The molecule has 2 N–H and O–H groups in total.